The Morgan fingerprint density at radius 3 is 0.968 bits per heavy atom. The van der Waals surface area contributed by atoms with Gasteiger partial charge in [0.05, 0.1) is 21.3 Å². The largest absolute Gasteiger partial charge is 0.497 e. The Morgan fingerprint density at radius 2 is 0.774 bits per heavy atom. The van der Waals surface area contributed by atoms with Gasteiger partial charge in [-0.25, -0.2) is 0 Å². The lowest BCUT2D eigenvalue weighted by molar-refractivity contribution is 0.259. The van der Waals surface area contributed by atoms with Crippen molar-refractivity contribution in [1.82, 2.24) is 0 Å². The Morgan fingerprint density at radius 1 is 0.516 bits per heavy atom. The van der Waals surface area contributed by atoms with E-state index in [0.29, 0.717) is 17.2 Å². The van der Waals surface area contributed by atoms with Crippen LogP contribution in [0.3, 0.4) is 0 Å². The van der Waals surface area contributed by atoms with E-state index in [9.17, 15) is 4.57 Å². The Labute approximate surface area is 183 Å². The number of ether oxygens (including phenoxy) is 3. The SMILES string of the molecule is COc1ccc(C(c2ccc(OC)cc2)(c2ccc(OC)cc2)P(=O)(OC)OC)cc1. The van der Waals surface area contributed by atoms with Gasteiger partial charge in [0.1, 0.15) is 22.4 Å². The summed E-state index contributed by atoms with van der Waals surface area (Å²) in [5.41, 5.74) is 2.20. The normalized spacial score (nSPS) is 11.8. The van der Waals surface area contributed by atoms with Gasteiger partial charge in [-0.2, -0.15) is 0 Å². The molecular weight excluding hydrogens is 415 g/mol. The van der Waals surface area contributed by atoms with E-state index >= 15 is 0 Å². The highest BCUT2D eigenvalue weighted by Crippen LogP contribution is 2.70. The average molecular weight is 442 g/mol. The molecule has 0 aliphatic carbocycles. The van der Waals surface area contributed by atoms with Crippen molar-refractivity contribution in [3.05, 3.63) is 89.5 Å². The molecule has 3 rings (SSSR count). The van der Waals surface area contributed by atoms with Gasteiger partial charge in [0, 0.05) is 14.2 Å². The topological polar surface area (TPSA) is 63.2 Å². The highest BCUT2D eigenvalue weighted by molar-refractivity contribution is 7.55. The lowest BCUT2D eigenvalue weighted by atomic mass is 9.84. The second-order valence-electron chi connectivity index (χ2n) is 6.76. The Hall–Kier alpha value is -2.79. The second-order valence-corrected chi connectivity index (χ2v) is 9.15. The van der Waals surface area contributed by atoms with Gasteiger partial charge in [0.15, 0.2) is 0 Å². The van der Waals surface area contributed by atoms with Gasteiger partial charge in [0.2, 0.25) is 0 Å². The summed E-state index contributed by atoms with van der Waals surface area (Å²) >= 11 is 0. The molecule has 0 aliphatic rings. The summed E-state index contributed by atoms with van der Waals surface area (Å²) in [6, 6.07) is 22.2. The number of benzene rings is 3. The molecule has 0 N–H and O–H groups in total. The van der Waals surface area contributed by atoms with Crippen LogP contribution in [0.15, 0.2) is 72.8 Å². The monoisotopic (exact) mass is 442 g/mol. The highest BCUT2D eigenvalue weighted by Gasteiger charge is 2.54. The smallest absolute Gasteiger partial charge is 0.349 e. The van der Waals surface area contributed by atoms with Crippen LogP contribution >= 0.6 is 7.60 Å². The van der Waals surface area contributed by atoms with Crippen LogP contribution in [0, 0.1) is 0 Å². The molecule has 0 unspecified atom stereocenters. The van der Waals surface area contributed by atoms with Crippen molar-refractivity contribution in [1.29, 1.82) is 0 Å². The van der Waals surface area contributed by atoms with Gasteiger partial charge in [-0.15, -0.1) is 0 Å². The molecule has 3 aromatic carbocycles. The van der Waals surface area contributed by atoms with E-state index in [1.54, 1.807) is 21.3 Å². The molecule has 0 radical (unpaired) electrons. The van der Waals surface area contributed by atoms with Gasteiger partial charge >= 0.3 is 7.60 Å². The van der Waals surface area contributed by atoms with Crippen LogP contribution in [0.4, 0.5) is 0 Å². The van der Waals surface area contributed by atoms with E-state index in [0.717, 1.165) is 16.7 Å². The molecule has 0 saturated carbocycles. The predicted molar refractivity (Wildman–Crippen MR) is 120 cm³/mol. The average Bonchev–Trinajstić information content (AvgIpc) is 2.85. The number of methoxy groups -OCH3 is 3. The van der Waals surface area contributed by atoms with E-state index in [1.165, 1.54) is 14.2 Å². The molecular formula is C24H27O6P. The van der Waals surface area contributed by atoms with Crippen molar-refractivity contribution in [2.75, 3.05) is 35.5 Å². The standard InChI is InChI=1S/C24H27O6P/c1-26-21-12-6-18(7-13-21)24(31(25,29-4)30-5,19-8-14-22(27-2)15-9-19)20-10-16-23(28-3)17-11-20/h6-17H,1-5H3. The van der Waals surface area contributed by atoms with Gasteiger partial charge in [0.25, 0.3) is 0 Å². The summed E-state index contributed by atoms with van der Waals surface area (Å²) in [7, 11) is 3.82. The fourth-order valence-corrected chi connectivity index (χ4v) is 5.91. The minimum atomic E-state index is -3.78. The molecule has 164 valence electrons. The molecule has 0 atom stereocenters. The van der Waals surface area contributed by atoms with Crippen LogP contribution in [-0.2, 0) is 18.8 Å². The molecule has 3 aromatic rings. The van der Waals surface area contributed by atoms with E-state index in [-0.39, 0.29) is 0 Å². The number of hydrogen-bond acceptors (Lipinski definition) is 6. The second kappa shape index (κ2) is 9.56. The van der Waals surface area contributed by atoms with Gasteiger partial charge in [-0.3, -0.25) is 4.57 Å². The minimum absolute atomic E-state index is 0.687. The van der Waals surface area contributed by atoms with Gasteiger partial charge in [-0.1, -0.05) is 36.4 Å². The predicted octanol–water partition coefficient (Wildman–Crippen LogP) is 5.49. The number of rotatable bonds is 9. The van der Waals surface area contributed by atoms with Crippen LogP contribution in [-0.4, -0.2) is 35.5 Å². The van der Waals surface area contributed by atoms with Crippen molar-refractivity contribution in [2.24, 2.45) is 0 Å². The summed E-state index contributed by atoms with van der Waals surface area (Å²) in [6.07, 6.45) is 0. The number of hydrogen-bond donors (Lipinski definition) is 0. The minimum Gasteiger partial charge on any atom is -0.497 e. The van der Waals surface area contributed by atoms with E-state index in [4.69, 9.17) is 23.3 Å². The van der Waals surface area contributed by atoms with Crippen LogP contribution in [0.1, 0.15) is 16.7 Å². The zero-order valence-corrected chi connectivity index (χ0v) is 19.2. The summed E-state index contributed by atoms with van der Waals surface area (Å²) in [5.74, 6) is 2.06. The first-order valence-corrected chi connectivity index (χ1v) is 11.2. The van der Waals surface area contributed by atoms with Crippen molar-refractivity contribution < 1.29 is 27.8 Å². The van der Waals surface area contributed by atoms with E-state index < -0.39 is 12.8 Å². The Kier molecular flexibility index (Phi) is 7.06. The molecule has 0 bridgehead atoms. The molecule has 31 heavy (non-hydrogen) atoms. The molecule has 0 spiro atoms. The van der Waals surface area contributed by atoms with Crippen LogP contribution in [0.25, 0.3) is 0 Å². The third-order valence-electron chi connectivity index (χ3n) is 5.41. The maximum atomic E-state index is 14.3. The summed E-state index contributed by atoms with van der Waals surface area (Å²) in [4.78, 5) is 0. The lowest BCUT2D eigenvalue weighted by Gasteiger charge is -2.39. The molecule has 0 aliphatic heterocycles. The van der Waals surface area contributed by atoms with Gasteiger partial charge in [-0.05, 0) is 53.1 Å². The molecule has 6 nitrogen and oxygen atoms in total. The zero-order chi connectivity index (χ0) is 22.5. The maximum absolute atomic E-state index is 14.3. The van der Waals surface area contributed by atoms with Crippen molar-refractivity contribution in [3.8, 4) is 17.2 Å². The first-order chi connectivity index (χ1) is 15.0. The van der Waals surface area contributed by atoms with Crippen molar-refractivity contribution in [3.63, 3.8) is 0 Å². The van der Waals surface area contributed by atoms with Gasteiger partial charge < -0.3 is 23.3 Å². The summed E-state index contributed by atoms with van der Waals surface area (Å²) in [6.45, 7) is 0. The highest BCUT2D eigenvalue weighted by atomic mass is 31.2. The Balaban J connectivity index is 2.42. The van der Waals surface area contributed by atoms with Crippen molar-refractivity contribution in [2.45, 2.75) is 5.16 Å². The third-order valence-corrected chi connectivity index (χ3v) is 7.97. The lowest BCUT2D eigenvalue weighted by Crippen LogP contribution is -2.31. The fourth-order valence-electron chi connectivity index (χ4n) is 3.82. The third kappa shape index (κ3) is 3.94. The molecule has 0 fully saturated rings. The quantitative estimate of drug-likeness (QED) is 0.323. The molecule has 0 saturated heterocycles. The zero-order valence-electron chi connectivity index (χ0n) is 18.3. The van der Waals surface area contributed by atoms with E-state index in [1.807, 2.05) is 72.8 Å². The first kappa shape index (κ1) is 22.9. The Bertz CT molecular complexity index is 905. The molecule has 0 aromatic heterocycles. The summed E-state index contributed by atoms with van der Waals surface area (Å²) in [5, 5.41) is -1.25. The van der Waals surface area contributed by atoms with E-state index in [2.05, 4.69) is 0 Å². The summed E-state index contributed by atoms with van der Waals surface area (Å²) < 4.78 is 41.5. The molecule has 0 amide bonds. The fraction of sp³-hybridized carbons (Fsp3) is 0.250. The van der Waals surface area contributed by atoms with Crippen LogP contribution < -0.4 is 14.2 Å². The molecule has 7 heteroatoms. The van der Waals surface area contributed by atoms with Crippen molar-refractivity contribution >= 4 is 7.60 Å². The van der Waals surface area contributed by atoms with Crippen LogP contribution in [0.5, 0.6) is 17.2 Å². The van der Waals surface area contributed by atoms with Crippen LogP contribution in [0.2, 0.25) is 0 Å². The first-order valence-electron chi connectivity index (χ1n) is 9.64. The maximum Gasteiger partial charge on any atom is 0.349 e. The molecule has 0 heterocycles.